The molecule has 1 heterocycles. The Morgan fingerprint density at radius 1 is 0.710 bits per heavy atom. The quantitative estimate of drug-likeness (QED) is 0.420. The first kappa shape index (κ1) is 21.6. The Kier molecular flexibility index (Phi) is 6.77. The Morgan fingerprint density at radius 2 is 1.26 bits per heavy atom. The highest BCUT2D eigenvalue weighted by molar-refractivity contribution is 5.62. The smallest absolute Gasteiger partial charge is 0.0714 e. The van der Waals surface area contributed by atoms with Gasteiger partial charge in [0.25, 0.3) is 0 Å². The molecule has 3 aromatic carbocycles. The van der Waals surface area contributed by atoms with E-state index in [9.17, 15) is 0 Å². The van der Waals surface area contributed by atoms with Gasteiger partial charge < -0.3 is 4.90 Å². The highest BCUT2D eigenvalue weighted by Gasteiger charge is 2.33. The number of rotatable bonds is 7. The van der Waals surface area contributed by atoms with Gasteiger partial charge in [0.2, 0.25) is 0 Å². The summed E-state index contributed by atoms with van der Waals surface area (Å²) < 4.78 is 0. The van der Waals surface area contributed by atoms with E-state index < -0.39 is 0 Å². The highest BCUT2D eigenvalue weighted by Crippen LogP contribution is 2.38. The molecule has 0 aromatic heterocycles. The van der Waals surface area contributed by atoms with Gasteiger partial charge in [-0.1, -0.05) is 107 Å². The van der Waals surface area contributed by atoms with Crippen LogP contribution in [0, 0.1) is 0 Å². The third-order valence-electron chi connectivity index (χ3n) is 6.50. The van der Waals surface area contributed by atoms with E-state index in [4.69, 9.17) is 0 Å². The molecular formula is C29H36N2. The Bertz CT molecular complexity index is 887. The molecular weight excluding hydrogens is 376 g/mol. The Labute approximate surface area is 188 Å². The molecule has 0 bridgehead atoms. The molecule has 0 spiro atoms. The molecule has 1 saturated heterocycles. The second-order valence-corrected chi connectivity index (χ2v) is 9.53. The van der Waals surface area contributed by atoms with Crippen LogP contribution in [-0.4, -0.2) is 24.2 Å². The first-order valence-corrected chi connectivity index (χ1v) is 11.7. The van der Waals surface area contributed by atoms with Crippen molar-refractivity contribution in [3.05, 3.63) is 101 Å². The van der Waals surface area contributed by atoms with E-state index in [-0.39, 0.29) is 0 Å². The normalized spacial score (nSPS) is 17.1. The summed E-state index contributed by atoms with van der Waals surface area (Å²) in [4.78, 5) is 5.32. The monoisotopic (exact) mass is 412 g/mol. The lowest BCUT2D eigenvalue weighted by Gasteiger charge is -2.28. The van der Waals surface area contributed by atoms with Crippen LogP contribution in [0.15, 0.2) is 78.9 Å². The van der Waals surface area contributed by atoms with Gasteiger partial charge in [0.15, 0.2) is 0 Å². The van der Waals surface area contributed by atoms with Crippen molar-refractivity contribution < 1.29 is 0 Å². The molecule has 1 aliphatic rings. The molecule has 0 aliphatic carbocycles. The molecule has 0 saturated carbocycles. The molecule has 1 aliphatic heterocycles. The third kappa shape index (κ3) is 5.02. The highest BCUT2D eigenvalue weighted by atomic mass is 15.4. The van der Waals surface area contributed by atoms with Gasteiger partial charge >= 0.3 is 0 Å². The zero-order valence-corrected chi connectivity index (χ0v) is 19.5. The number of para-hydroxylation sites is 1. The van der Waals surface area contributed by atoms with Gasteiger partial charge in [0.05, 0.1) is 6.67 Å². The van der Waals surface area contributed by atoms with Crippen molar-refractivity contribution in [3.63, 3.8) is 0 Å². The zero-order valence-electron chi connectivity index (χ0n) is 19.5. The van der Waals surface area contributed by atoms with E-state index in [1.165, 1.54) is 27.9 Å². The summed E-state index contributed by atoms with van der Waals surface area (Å²) in [6, 6.07) is 29.3. The molecule has 0 radical (unpaired) electrons. The second kappa shape index (κ2) is 9.70. The number of nitrogens with zero attached hydrogens (tertiary/aromatic N) is 2. The summed E-state index contributed by atoms with van der Waals surface area (Å²) in [5.41, 5.74) is 7.25. The fourth-order valence-corrected chi connectivity index (χ4v) is 4.88. The van der Waals surface area contributed by atoms with E-state index in [1.54, 1.807) is 0 Å². The lowest BCUT2D eigenvalue weighted by atomic mass is 9.92. The maximum absolute atomic E-state index is 2.67. The SMILES string of the molecule is CC(C)c1cccc(C(C)C)c1N1C[C@H](Cc2ccccc2)N(Cc2ccccc2)C1. The lowest BCUT2D eigenvalue weighted by molar-refractivity contribution is 0.250. The van der Waals surface area contributed by atoms with Gasteiger partial charge in [-0.2, -0.15) is 0 Å². The van der Waals surface area contributed by atoms with Crippen molar-refractivity contribution in [3.8, 4) is 0 Å². The van der Waals surface area contributed by atoms with Crippen LogP contribution in [0.2, 0.25) is 0 Å². The van der Waals surface area contributed by atoms with Gasteiger partial charge in [-0.25, -0.2) is 0 Å². The molecule has 2 nitrogen and oxygen atoms in total. The largest absolute Gasteiger partial charge is 0.356 e. The molecule has 0 N–H and O–H groups in total. The van der Waals surface area contributed by atoms with Crippen molar-refractivity contribution in [1.82, 2.24) is 4.90 Å². The van der Waals surface area contributed by atoms with Gasteiger partial charge in [-0.15, -0.1) is 0 Å². The average Bonchev–Trinajstić information content (AvgIpc) is 3.16. The maximum Gasteiger partial charge on any atom is 0.0714 e. The first-order chi connectivity index (χ1) is 15.0. The minimum Gasteiger partial charge on any atom is -0.356 e. The Morgan fingerprint density at radius 3 is 1.81 bits per heavy atom. The molecule has 1 fully saturated rings. The van der Waals surface area contributed by atoms with E-state index in [1.807, 2.05) is 0 Å². The summed E-state index contributed by atoms with van der Waals surface area (Å²) in [6.07, 6.45) is 1.09. The summed E-state index contributed by atoms with van der Waals surface area (Å²) in [7, 11) is 0. The fourth-order valence-electron chi connectivity index (χ4n) is 4.88. The average molecular weight is 413 g/mol. The van der Waals surface area contributed by atoms with Gasteiger partial charge in [-0.3, -0.25) is 4.90 Å². The second-order valence-electron chi connectivity index (χ2n) is 9.53. The van der Waals surface area contributed by atoms with Gasteiger partial charge in [-0.05, 0) is 40.5 Å². The zero-order chi connectivity index (χ0) is 21.8. The van der Waals surface area contributed by atoms with Crippen LogP contribution in [0.1, 0.15) is 61.8 Å². The fraction of sp³-hybridized carbons (Fsp3) is 0.379. The Balaban J connectivity index is 1.67. The summed E-state index contributed by atoms with van der Waals surface area (Å²) in [5, 5.41) is 0. The Hall–Kier alpha value is -2.58. The van der Waals surface area contributed by atoms with Crippen molar-refractivity contribution in [2.24, 2.45) is 0 Å². The molecule has 31 heavy (non-hydrogen) atoms. The molecule has 4 rings (SSSR count). The predicted molar refractivity (Wildman–Crippen MR) is 133 cm³/mol. The van der Waals surface area contributed by atoms with Crippen LogP contribution in [0.3, 0.4) is 0 Å². The molecule has 0 unspecified atom stereocenters. The van der Waals surface area contributed by atoms with Crippen LogP contribution in [0.4, 0.5) is 5.69 Å². The molecule has 162 valence electrons. The molecule has 0 amide bonds. The molecule has 2 heteroatoms. The standard InChI is InChI=1S/C29H36N2/c1-22(2)27-16-11-17-28(23(3)4)29(27)31-20-26(18-24-12-7-5-8-13-24)30(21-31)19-25-14-9-6-10-15-25/h5-17,22-23,26H,18-21H2,1-4H3/t26-/m0/s1. The topological polar surface area (TPSA) is 6.48 Å². The summed E-state index contributed by atoms with van der Waals surface area (Å²) in [6.45, 7) is 12.3. The molecule has 1 atom stereocenters. The minimum atomic E-state index is 0.503. The molecule has 3 aromatic rings. The van der Waals surface area contributed by atoms with E-state index in [0.29, 0.717) is 17.9 Å². The van der Waals surface area contributed by atoms with Crippen LogP contribution < -0.4 is 4.90 Å². The van der Waals surface area contributed by atoms with Crippen molar-refractivity contribution in [1.29, 1.82) is 0 Å². The first-order valence-electron chi connectivity index (χ1n) is 11.7. The number of hydrogen-bond acceptors (Lipinski definition) is 2. The van der Waals surface area contributed by atoms with E-state index >= 15 is 0 Å². The van der Waals surface area contributed by atoms with Crippen molar-refractivity contribution >= 4 is 5.69 Å². The summed E-state index contributed by atoms with van der Waals surface area (Å²) >= 11 is 0. The van der Waals surface area contributed by atoms with Crippen molar-refractivity contribution in [2.45, 2.75) is 58.5 Å². The van der Waals surface area contributed by atoms with Crippen LogP contribution in [0.5, 0.6) is 0 Å². The lowest BCUT2D eigenvalue weighted by Crippen LogP contribution is -2.32. The van der Waals surface area contributed by atoms with E-state index in [2.05, 4.69) is 116 Å². The van der Waals surface area contributed by atoms with E-state index in [0.717, 1.165) is 26.2 Å². The third-order valence-corrected chi connectivity index (χ3v) is 6.50. The van der Waals surface area contributed by atoms with Crippen molar-refractivity contribution in [2.75, 3.05) is 18.1 Å². The summed E-state index contributed by atoms with van der Waals surface area (Å²) in [5.74, 6) is 1.04. The van der Waals surface area contributed by atoms with Gasteiger partial charge in [0.1, 0.15) is 0 Å². The number of anilines is 1. The van der Waals surface area contributed by atoms with Crippen LogP contribution >= 0.6 is 0 Å². The van der Waals surface area contributed by atoms with Crippen LogP contribution in [-0.2, 0) is 13.0 Å². The van der Waals surface area contributed by atoms with Gasteiger partial charge in [0, 0.05) is 24.8 Å². The number of hydrogen-bond donors (Lipinski definition) is 0. The maximum atomic E-state index is 2.67. The minimum absolute atomic E-state index is 0.503. The predicted octanol–water partition coefficient (Wildman–Crippen LogP) is 6.82. The van der Waals surface area contributed by atoms with Crippen LogP contribution in [0.25, 0.3) is 0 Å². The number of benzene rings is 3.